The van der Waals surface area contributed by atoms with E-state index in [1.807, 2.05) is 0 Å². The molecule has 49 heavy (non-hydrogen) atoms. The van der Waals surface area contributed by atoms with Gasteiger partial charge < -0.3 is 55.5 Å². The second kappa shape index (κ2) is 23.7. The van der Waals surface area contributed by atoms with Gasteiger partial charge >= 0.3 is 0 Å². The summed E-state index contributed by atoms with van der Waals surface area (Å²) in [6.07, 6.45) is -1.32. The fraction of sp³-hybridized carbons (Fsp3) is 0.840. The minimum atomic E-state index is -1.71. The third kappa shape index (κ3) is 13.1. The van der Waals surface area contributed by atoms with E-state index in [0.717, 1.165) is 48.0 Å². The molecule has 4 heterocycles. The van der Waals surface area contributed by atoms with Gasteiger partial charge in [0.1, 0.15) is 35.3 Å². The fourth-order valence-corrected chi connectivity index (χ4v) is 17.7. The van der Waals surface area contributed by atoms with Crippen LogP contribution in [0, 0.1) is 5.41 Å². The van der Waals surface area contributed by atoms with Crippen LogP contribution in [-0.2, 0) is 23.1 Å². The molecule has 0 bridgehead atoms. The molecule has 5 atom stereocenters. The molecule has 24 heteroatoms. The molecular weight excluding hydrogens is 869 g/mol. The average molecular weight is 909 g/mol. The maximum Gasteiger partial charge on any atom is 0.208 e. The Labute approximate surface area is 340 Å². The van der Waals surface area contributed by atoms with E-state index < -0.39 is 28.3 Å². The molecule has 4 rings (SSSR count). The average Bonchev–Trinajstić information content (AvgIpc) is 3.16. The van der Waals surface area contributed by atoms with E-state index >= 15 is 0 Å². The molecule has 4 aliphatic rings. The van der Waals surface area contributed by atoms with Crippen molar-refractivity contribution in [1.29, 1.82) is 0 Å². The predicted molar refractivity (Wildman–Crippen MR) is 228 cm³/mol. The van der Waals surface area contributed by atoms with Gasteiger partial charge in [0.25, 0.3) is 0 Å². The normalized spacial score (nSPS) is 27.2. The summed E-state index contributed by atoms with van der Waals surface area (Å²) in [7, 11) is 8.19. The van der Waals surface area contributed by atoms with Crippen LogP contribution in [0.5, 0.6) is 0 Å². The standard InChI is InChI=1S/C25H40N4O8S12/c30-13-24(14-31,23(32)46-42-19(38)15-9-26-1-5-33-15)25(47-43-20(39)16-10-27-2-6-34-16,48-44-21(40)17-11-28-3-7-35-17)37-49-45-22(41)18-12-29-4-8-36-18/h15-18,23,26-32H,1-14H2. The highest BCUT2D eigenvalue weighted by molar-refractivity contribution is 8.92. The number of aliphatic hydroxyl groups is 3. The summed E-state index contributed by atoms with van der Waals surface area (Å²) >= 11 is 23.9. The predicted octanol–water partition coefficient (Wildman–Crippen LogP) is 2.65. The number of rotatable bonds is 17. The number of ether oxygens (including phenoxy) is 4. The quantitative estimate of drug-likeness (QED) is 0.0495. The van der Waals surface area contributed by atoms with Crippen LogP contribution < -0.4 is 21.3 Å². The Hall–Kier alpha value is 2.68. The lowest BCUT2D eigenvalue weighted by molar-refractivity contribution is -0.0591. The fourth-order valence-electron chi connectivity index (χ4n) is 4.40. The Morgan fingerprint density at radius 2 is 1.00 bits per heavy atom. The monoisotopic (exact) mass is 908 g/mol. The second-order valence-electron chi connectivity index (χ2n) is 10.7. The Balaban J connectivity index is 1.61. The Morgan fingerprint density at radius 1 is 0.633 bits per heavy atom. The number of hydrogen-bond acceptors (Lipinski definition) is 24. The molecule has 7 N–H and O–H groups in total. The third-order valence-electron chi connectivity index (χ3n) is 7.36. The van der Waals surface area contributed by atoms with Crippen molar-refractivity contribution in [2.45, 2.75) is 34.1 Å². The summed E-state index contributed by atoms with van der Waals surface area (Å²) in [5.74, 6) is 0. The van der Waals surface area contributed by atoms with Crippen LogP contribution in [0.1, 0.15) is 0 Å². The first kappa shape index (κ1) is 44.4. The lowest BCUT2D eigenvalue weighted by atomic mass is 9.91. The van der Waals surface area contributed by atoms with E-state index in [2.05, 4.69) is 21.3 Å². The van der Waals surface area contributed by atoms with E-state index in [1.54, 1.807) is 0 Å². The van der Waals surface area contributed by atoms with Crippen LogP contribution in [0.3, 0.4) is 0 Å². The summed E-state index contributed by atoms with van der Waals surface area (Å²) < 4.78 is 30.7. The Kier molecular flexibility index (Phi) is 21.5. The number of morpholine rings is 4. The van der Waals surface area contributed by atoms with Crippen molar-refractivity contribution in [3.05, 3.63) is 0 Å². The van der Waals surface area contributed by atoms with Crippen molar-refractivity contribution in [2.24, 2.45) is 5.41 Å². The molecule has 12 nitrogen and oxygen atoms in total. The van der Waals surface area contributed by atoms with E-state index in [9.17, 15) is 15.3 Å². The minimum absolute atomic E-state index is 0.300. The van der Waals surface area contributed by atoms with Gasteiger partial charge in [0, 0.05) is 52.4 Å². The van der Waals surface area contributed by atoms with Crippen LogP contribution in [0.4, 0.5) is 0 Å². The molecular formula is C25H40N4O8S12. The highest BCUT2D eigenvalue weighted by Gasteiger charge is 2.60. The van der Waals surface area contributed by atoms with Crippen molar-refractivity contribution in [3.8, 4) is 0 Å². The molecule has 0 amide bonds. The molecule has 0 aliphatic carbocycles. The maximum absolute atomic E-state index is 12.0. The number of nitrogens with one attached hydrogen (secondary N) is 4. The molecule has 4 fully saturated rings. The first-order chi connectivity index (χ1) is 23.7. The molecule has 0 radical (unpaired) electrons. The Bertz CT molecular complexity index is 1040. The zero-order valence-corrected chi connectivity index (χ0v) is 35.9. The molecule has 0 aromatic heterocycles. The first-order valence-electron chi connectivity index (χ1n) is 15.2. The van der Waals surface area contributed by atoms with Crippen LogP contribution in [-0.4, -0.2) is 158 Å². The van der Waals surface area contributed by atoms with E-state index in [0.29, 0.717) is 69.4 Å². The van der Waals surface area contributed by atoms with Gasteiger partial charge in [-0.05, 0) is 64.8 Å². The zero-order valence-electron chi connectivity index (χ0n) is 26.1. The van der Waals surface area contributed by atoms with Crippen molar-refractivity contribution < 1.29 is 38.5 Å². The summed E-state index contributed by atoms with van der Waals surface area (Å²) in [6.45, 7) is 5.89. The Morgan fingerprint density at radius 3 is 1.35 bits per heavy atom. The van der Waals surface area contributed by atoms with Crippen LogP contribution in [0.2, 0.25) is 0 Å². The van der Waals surface area contributed by atoms with Crippen LogP contribution >= 0.6 is 136 Å². The number of thiocarbonyl (C=S) groups is 4. The third-order valence-corrected chi connectivity index (χ3v) is 21.7. The number of hydrogen-bond donors (Lipinski definition) is 7. The molecule has 4 aliphatic heterocycles. The highest BCUT2D eigenvalue weighted by Crippen LogP contribution is 2.64. The molecule has 0 saturated carbocycles. The molecule has 0 aromatic rings. The van der Waals surface area contributed by atoms with Gasteiger partial charge in [0.15, 0.2) is 0 Å². The SMILES string of the molecule is OCC(CO)(C(O)SSC(=S)C1CNCCO1)C(OSSC(=S)C1CNCCO1)(SSC(=S)C1CNCCO1)SSC(=S)C1CNCCO1. The molecule has 5 unspecified atom stereocenters. The first-order valence-corrected chi connectivity index (χ1v) is 25.4. The van der Waals surface area contributed by atoms with Gasteiger partial charge in [-0.2, -0.15) is 0 Å². The summed E-state index contributed by atoms with van der Waals surface area (Å²) in [6, 6.07) is 0. The molecule has 280 valence electrons. The van der Waals surface area contributed by atoms with Crippen LogP contribution in [0.15, 0.2) is 0 Å². The van der Waals surface area contributed by atoms with Gasteiger partial charge in [-0.1, -0.05) is 59.7 Å². The highest BCUT2D eigenvalue weighted by atomic mass is 33.1. The zero-order chi connectivity index (χ0) is 35.1. The summed E-state index contributed by atoms with van der Waals surface area (Å²) in [5, 5.41) is 47.5. The van der Waals surface area contributed by atoms with Crippen molar-refractivity contribution in [3.63, 3.8) is 0 Å². The van der Waals surface area contributed by atoms with E-state index in [1.165, 1.54) is 64.8 Å². The van der Waals surface area contributed by atoms with Gasteiger partial charge in [0.05, 0.1) is 67.5 Å². The summed E-state index contributed by atoms with van der Waals surface area (Å²) in [4.78, 5) is 0. The lowest BCUT2D eigenvalue weighted by Gasteiger charge is -2.47. The molecule has 0 spiro atoms. The van der Waals surface area contributed by atoms with Crippen LogP contribution in [0.25, 0.3) is 0 Å². The second-order valence-corrected chi connectivity index (χ2v) is 22.5. The van der Waals surface area contributed by atoms with E-state index in [4.69, 9.17) is 72.0 Å². The lowest BCUT2D eigenvalue weighted by Crippen LogP contribution is -2.55. The topological polar surface area (TPSA) is 155 Å². The minimum Gasteiger partial charge on any atom is -0.395 e. The van der Waals surface area contributed by atoms with Crippen molar-refractivity contribution >= 4 is 152 Å². The van der Waals surface area contributed by atoms with E-state index in [-0.39, 0.29) is 24.4 Å². The van der Waals surface area contributed by atoms with Gasteiger partial charge in [-0.25, -0.2) is 0 Å². The van der Waals surface area contributed by atoms with Gasteiger partial charge in [0.2, 0.25) is 4.27 Å². The number of aliphatic hydroxyl groups excluding tert-OH is 3. The van der Waals surface area contributed by atoms with Gasteiger partial charge in [-0.15, -0.1) is 0 Å². The molecule has 0 aromatic carbocycles. The van der Waals surface area contributed by atoms with Gasteiger partial charge in [-0.3, -0.25) is 4.18 Å². The largest absolute Gasteiger partial charge is 0.395 e. The smallest absolute Gasteiger partial charge is 0.208 e. The maximum atomic E-state index is 12.0. The van der Waals surface area contributed by atoms with Crippen molar-refractivity contribution in [2.75, 3.05) is 92.0 Å². The summed E-state index contributed by atoms with van der Waals surface area (Å²) in [5.41, 5.74) is -3.10. The van der Waals surface area contributed by atoms with Crippen molar-refractivity contribution in [1.82, 2.24) is 21.3 Å². The molecule has 4 saturated heterocycles.